The van der Waals surface area contributed by atoms with Crippen molar-refractivity contribution in [1.82, 2.24) is 4.90 Å². The van der Waals surface area contributed by atoms with Crippen LogP contribution in [0.15, 0.2) is 24.3 Å². The lowest BCUT2D eigenvalue weighted by Crippen LogP contribution is -2.52. The molecule has 4 atom stereocenters. The van der Waals surface area contributed by atoms with Crippen LogP contribution in [0.3, 0.4) is 0 Å². The lowest BCUT2D eigenvalue weighted by molar-refractivity contribution is -0.0205. The lowest BCUT2D eigenvalue weighted by atomic mass is 9.77. The van der Waals surface area contributed by atoms with E-state index in [1.165, 1.54) is 56.2 Å². The second-order valence-electron chi connectivity index (χ2n) is 6.91. The SMILES string of the molecule is OC1c2ccccc2CC1N1CCCC2CCCCC21. The number of fused-ring (bicyclic) bond motifs is 2. The Bertz CT molecular complexity index is 484. The van der Waals surface area contributed by atoms with E-state index in [-0.39, 0.29) is 6.10 Å². The summed E-state index contributed by atoms with van der Waals surface area (Å²) in [5, 5.41) is 10.7. The summed E-state index contributed by atoms with van der Waals surface area (Å²) in [6.07, 6.45) is 9.07. The summed E-state index contributed by atoms with van der Waals surface area (Å²) in [4.78, 5) is 2.68. The van der Waals surface area contributed by atoms with E-state index in [4.69, 9.17) is 0 Å². The molecule has 108 valence electrons. The molecule has 0 amide bonds. The number of aliphatic hydroxyl groups is 1. The molecule has 1 heterocycles. The fraction of sp³-hybridized carbons (Fsp3) is 0.667. The van der Waals surface area contributed by atoms with E-state index in [0.717, 1.165) is 18.4 Å². The smallest absolute Gasteiger partial charge is 0.0951 e. The van der Waals surface area contributed by atoms with Crippen molar-refractivity contribution in [3.05, 3.63) is 35.4 Å². The zero-order chi connectivity index (χ0) is 13.5. The first kappa shape index (κ1) is 12.8. The molecule has 2 nitrogen and oxygen atoms in total. The zero-order valence-electron chi connectivity index (χ0n) is 12.2. The van der Waals surface area contributed by atoms with E-state index in [1.807, 2.05) is 0 Å². The van der Waals surface area contributed by atoms with Crippen LogP contribution in [0.4, 0.5) is 0 Å². The van der Waals surface area contributed by atoms with E-state index in [1.54, 1.807) is 0 Å². The Morgan fingerprint density at radius 2 is 1.75 bits per heavy atom. The number of aliphatic hydroxyl groups excluding tert-OH is 1. The topological polar surface area (TPSA) is 23.5 Å². The molecule has 3 aliphatic rings. The maximum absolute atomic E-state index is 10.7. The molecule has 20 heavy (non-hydrogen) atoms. The minimum Gasteiger partial charge on any atom is -0.387 e. The molecule has 1 aliphatic heterocycles. The Morgan fingerprint density at radius 1 is 0.950 bits per heavy atom. The number of rotatable bonds is 1. The normalized spacial score (nSPS) is 37.5. The molecular weight excluding hydrogens is 246 g/mol. The highest BCUT2D eigenvalue weighted by atomic mass is 16.3. The van der Waals surface area contributed by atoms with Crippen LogP contribution in [-0.4, -0.2) is 28.6 Å². The van der Waals surface area contributed by atoms with Crippen molar-refractivity contribution in [3.8, 4) is 0 Å². The molecule has 0 radical (unpaired) electrons. The van der Waals surface area contributed by atoms with Gasteiger partial charge in [-0.1, -0.05) is 37.1 Å². The van der Waals surface area contributed by atoms with Crippen LogP contribution in [0, 0.1) is 5.92 Å². The minimum atomic E-state index is -0.271. The number of likely N-dealkylation sites (tertiary alicyclic amines) is 1. The molecule has 1 aromatic carbocycles. The molecule has 2 fully saturated rings. The van der Waals surface area contributed by atoms with E-state index in [0.29, 0.717) is 6.04 Å². The molecule has 1 saturated heterocycles. The number of nitrogens with zero attached hydrogens (tertiary/aromatic N) is 1. The molecule has 1 aromatic rings. The summed E-state index contributed by atoms with van der Waals surface area (Å²) in [5.41, 5.74) is 2.54. The second-order valence-corrected chi connectivity index (χ2v) is 6.91. The van der Waals surface area contributed by atoms with Gasteiger partial charge in [0.15, 0.2) is 0 Å². The van der Waals surface area contributed by atoms with Gasteiger partial charge in [0.05, 0.1) is 6.10 Å². The summed E-state index contributed by atoms with van der Waals surface area (Å²) < 4.78 is 0. The van der Waals surface area contributed by atoms with E-state index < -0.39 is 0 Å². The molecule has 4 unspecified atom stereocenters. The highest BCUT2D eigenvalue weighted by molar-refractivity contribution is 5.36. The fourth-order valence-electron chi connectivity index (χ4n) is 4.93. The number of hydrogen-bond donors (Lipinski definition) is 1. The predicted octanol–water partition coefficient (Wildman–Crippen LogP) is 3.30. The highest BCUT2D eigenvalue weighted by Gasteiger charge is 2.42. The van der Waals surface area contributed by atoms with Crippen molar-refractivity contribution in [2.75, 3.05) is 6.54 Å². The number of piperidine rings is 1. The van der Waals surface area contributed by atoms with Crippen molar-refractivity contribution in [1.29, 1.82) is 0 Å². The summed E-state index contributed by atoms with van der Waals surface area (Å²) in [6, 6.07) is 9.55. The van der Waals surface area contributed by atoms with Crippen molar-refractivity contribution in [2.45, 2.75) is 63.1 Å². The highest BCUT2D eigenvalue weighted by Crippen LogP contribution is 2.42. The molecule has 1 N–H and O–H groups in total. The third-order valence-corrected chi connectivity index (χ3v) is 5.88. The molecule has 0 bridgehead atoms. The van der Waals surface area contributed by atoms with E-state index in [9.17, 15) is 5.11 Å². The van der Waals surface area contributed by atoms with Crippen LogP contribution in [0.2, 0.25) is 0 Å². The standard InChI is InChI=1S/C18H25NO/c20-18-15-9-3-1-7-14(15)12-17(18)19-11-5-8-13-6-2-4-10-16(13)19/h1,3,7,9,13,16-18,20H,2,4-6,8,10-12H2. The second kappa shape index (κ2) is 5.16. The van der Waals surface area contributed by atoms with Gasteiger partial charge in [-0.2, -0.15) is 0 Å². The Balaban J connectivity index is 1.59. The van der Waals surface area contributed by atoms with Crippen LogP contribution in [0.5, 0.6) is 0 Å². The van der Waals surface area contributed by atoms with Gasteiger partial charge in [-0.3, -0.25) is 4.90 Å². The lowest BCUT2D eigenvalue weighted by Gasteiger charge is -2.47. The van der Waals surface area contributed by atoms with Gasteiger partial charge in [0.1, 0.15) is 0 Å². The Kier molecular flexibility index (Phi) is 3.31. The van der Waals surface area contributed by atoms with Crippen molar-refractivity contribution in [3.63, 3.8) is 0 Å². The van der Waals surface area contributed by atoms with Gasteiger partial charge < -0.3 is 5.11 Å². The molecule has 1 saturated carbocycles. The molecule has 2 heteroatoms. The van der Waals surface area contributed by atoms with Crippen LogP contribution in [0.25, 0.3) is 0 Å². The summed E-state index contributed by atoms with van der Waals surface area (Å²) in [7, 11) is 0. The summed E-state index contributed by atoms with van der Waals surface area (Å²) in [5.74, 6) is 0.897. The first-order valence-corrected chi connectivity index (χ1v) is 8.36. The van der Waals surface area contributed by atoms with Gasteiger partial charge in [-0.15, -0.1) is 0 Å². The Hall–Kier alpha value is -0.860. The molecule has 0 aromatic heterocycles. The van der Waals surface area contributed by atoms with Gasteiger partial charge in [0, 0.05) is 12.1 Å². The molecule has 2 aliphatic carbocycles. The van der Waals surface area contributed by atoms with Gasteiger partial charge in [0.25, 0.3) is 0 Å². The van der Waals surface area contributed by atoms with Crippen molar-refractivity contribution in [2.24, 2.45) is 5.92 Å². The zero-order valence-corrected chi connectivity index (χ0v) is 12.2. The van der Waals surface area contributed by atoms with E-state index in [2.05, 4.69) is 29.2 Å². The van der Waals surface area contributed by atoms with Crippen molar-refractivity contribution < 1.29 is 5.11 Å². The molecule has 0 spiro atoms. The third-order valence-electron chi connectivity index (χ3n) is 5.88. The minimum absolute atomic E-state index is 0.271. The first-order chi connectivity index (χ1) is 9.84. The maximum Gasteiger partial charge on any atom is 0.0951 e. The van der Waals surface area contributed by atoms with Gasteiger partial charge >= 0.3 is 0 Å². The predicted molar refractivity (Wildman–Crippen MR) is 80.6 cm³/mol. The maximum atomic E-state index is 10.7. The van der Waals surface area contributed by atoms with E-state index >= 15 is 0 Å². The Labute approximate surface area is 121 Å². The summed E-state index contributed by atoms with van der Waals surface area (Å²) in [6.45, 7) is 1.19. The Morgan fingerprint density at radius 3 is 2.65 bits per heavy atom. The van der Waals surface area contributed by atoms with Gasteiger partial charge in [-0.05, 0) is 55.7 Å². The van der Waals surface area contributed by atoms with Gasteiger partial charge in [0.2, 0.25) is 0 Å². The summed E-state index contributed by atoms with van der Waals surface area (Å²) >= 11 is 0. The third kappa shape index (κ3) is 2.01. The largest absolute Gasteiger partial charge is 0.387 e. The van der Waals surface area contributed by atoms with Crippen LogP contribution < -0.4 is 0 Å². The van der Waals surface area contributed by atoms with Gasteiger partial charge in [-0.25, -0.2) is 0 Å². The fourth-order valence-corrected chi connectivity index (χ4v) is 4.93. The number of hydrogen-bond acceptors (Lipinski definition) is 2. The first-order valence-electron chi connectivity index (χ1n) is 8.36. The average Bonchev–Trinajstić information content (AvgIpc) is 2.84. The quantitative estimate of drug-likeness (QED) is 0.847. The van der Waals surface area contributed by atoms with Crippen molar-refractivity contribution >= 4 is 0 Å². The monoisotopic (exact) mass is 271 g/mol. The van der Waals surface area contributed by atoms with Crippen LogP contribution >= 0.6 is 0 Å². The molecular formula is C18H25NO. The van der Waals surface area contributed by atoms with Crippen LogP contribution in [0.1, 0.15) is 55.8 Å². The average molecular weight is 271 g/mol. The van der Waals surface area contributed by atoms with Crippen LogP contribution in [-0.2, 0) is 6.42 Å². The number of benzene rings is 1. The molecule has 4 rings (SSSR count).